The molecule has 1 amide bonds. The van der Waals surface area contributed by atoms with Crippen LogP contribution in [0.2, 0.25) is 10.0 Å². The number of alkyl halides is 3. The van der Waals surface area contributed by atoms with Crippen molar-refractivity contribution >= 4 is 46.3 Å². The number of ether oxygens (including phenoxy) is 2. The zero-order chi connectivity index (χ0) is 25.4. The highest BCUT2D eigenvalue weighted by molar-refractivity contribution is 6.39. The van der Waals surface area contributed by atoms with Crippen LogP contribution in [-0.4, -0.2) is 37.1 Å². The van der Waals surface area contributed by atoms with Crippen molar-refractivity contribution in [2.24, 2.45) is 4.99 Å². The fourth-order valence-electron chi connectivity index (χ4n) is 3.86. The van der Waals surface area contributed by atoms with Crippen molar-refractivity contribution in [1.82, 2.24) is 15.0 Å². The highest BCUT2D eigenvalue weighted by Crippen LogP contribution is 2.49. The third-order valence-electron chi connectivity index (χ3n) is 5.39. The minimum Gasteiger partial charge on any atom is -0.497 e. The first-order valence-corrected chi connectivity index (χ1v) is 10.8. The van der Waals surface area contributed by atoms with Crippen molar-refractivity contribution in [2.75, 3.05) is 14.2 Å². The van der Waals surface area contributed by atoms with Crippen LogP contribution in [0.1, 0.15) is 15.9 Å². The standard InChI is InChI=1S/C23H17Cl2F3N4O3/c1-34-14-8-6-13(7-9-14)12-32(31-21(33)19-15(24)10-29-11-16(19)25)17-4-3-5-18(35-2)20(17)30-22(32)23(26,27)28/h3-11H,12H2,1-2H3/p+1. The van der Waals surface area contributed by atoms with Gasteiger partial charge < -0.3 is 9.47 Å². The van der Waals surface area contributed by atoms with Crippen molar-refractivity contribution in [2.45, 2.75) is 12.7 Å². The van der Waals surface area contributed by atoms with Crippen molar-refractivity contribution < 1.29 is 27.4 Å². The molecule has 7 nitrogen and oxygen atoms in total. The molecule has 0 aliphatic carbocycles. The van der Waals surface area contributed by atoms with Gasteiger partial charge in [-0.3, -0.25) is 9.78 Å². The van der Waals surface area contributed by atoms with Gasteiger partial charge in [0.25, 0.3) is 5.91 Å². The van der Waals surface area contributed by atoms with E-state index in [9.17, 15) is 18.0 Å². The van der Waals surface area contributed by atoms with Crippen LogP contribution in [0, 0.1) is 0 Å². The minimum absolute atomic E-state index is 0.0527. The zero-order valence-corrected chi connectivity index (χ0v) is 19.9. The molecule has 0 saturated heterocycles. The first-order chi connectivity index (χ1) is 16.6. The highest BCUT2D eigenvalue weighted by atomic mass is 35.5. The number of amidine groups is 1. The lowest BCUT2D eigenvalue weighted by atomic mass is 10.1. The molecule has 2 heterocycles. The molecule has 1 N–H and O–H groups in total. The van der Waals surface area contributed by atoms with Crippen LogP contribution in [0.15, 0.2) is 59.9 Å². The number of carbonyl (C=O) groups is 1. The van der Waals surface area contributed by atoms with Gasteiger partial charge in [0.15, 0.2) is 17.1 Å². The molecule has 0 bridgehead atoms. The lowest BCUT2D eigenvalue weighted by Crippen LogP contribution is -2.66. The summed E-state index contributed by atoms with van der Waals surface area (Å²) in [5.74, 6) is -1.56. The maximum Gasteiger partial charge on any atom is 0.490 e. The number of fused-ring (bicyclic) bond motifs is 1. The summed E-state index contributed by atoms with van der Waals surface area (Å²) in [6.45, 7) is -0.339. The number of pyridine rings is 1. The Morgan fingerprint density at radius 2 is 1.69 bits per heavy atom. The molecule has 0 saturated carbocycles. The van der Waals surface area contributed by atoms with Crippen LogP contribution in [0.3, 0.4) is 0 Å². The molecule has 2 aromatic carbocycles. The van der Waals surface area contributed by atoms with Crippen molar-refractivity contribution in [3.05, 3.63) is 76.0 Å². The molecule has 0 fully saturated rings. The number of nitrogens with one attached hydrogen (secondary N) is 1. The first-order valence-electron chi connectivity index (χ1n) is 10.1. The molecule has 35 heavy (non-hydrogen) atoms. The van der Waals surface area contributed by atoms with Crippen LogP contribution in [0.25, 0.3) is 0 Å². The number of carbonyl (C=O) groups excluding carboxylic acids is 1. The Bertz CT molecular complexity index is 1300. The Hall–Kier alpha value is -3.34. The van der Waals surface area contributed by atoms with Gasteiger partial charge in [0.1, 0.15) is 12.3 Å². The minimum atomic E-state index is -4.92. The lowest BCUT2D eigenvalue weighted by molar-refractivity contribution is -0.0697. The van der Waals surface area contributed by atoms with E-state index in [1.807, 2.05) is 0 Å². The molecule has 1 aliphatic rings. The Labute approximate surface area is 208 Å². The number of benzene rings is 2. The number of aliphatic imine (C=N–C) groups is 1. The zero-order valence-electron chi connectivity index (χ0n) is 18.4. The van der Waals surface area contributed by atoms with E-state index in [1.165, 1.54) is 44.8 Å². The summed E-state index contributed by atoms with van der Waals surface area (Å²) in [6, 6.07) is 10.9. The molecule has 1 unspecified atom stereocenters. The van der Waals surface area contributed by atoms with Gasteiger partial charge in [0, 0.05) is 24.0 Å². The first kappa shape index (κ1) is 24.8. The summed E-state index contributed by atoms with van der Waals surface area (Å²) in [7, 11) is 2.80. The van der Waals surface area contributed by atoms with E-state index in [4.69, 9.17) is 32.7 Å². The van der Waals surface area contributed by atoms with Crippen LogP contribution in [0.5, 0.6) is 11.5 Å². The summed E-state index contributed by atoms with van der Waals surface area (Å²) in [5.41, 5.74) is 2.75. The van der Waals surface area contributed by atoms with Crippen LogP contribution in [-0.2, 0) is 6.54 Å². The normalized spacial score (nSPS) is 16.9. The number of methoxy groups -OCH3 is 2. The summed E-state index contributed by atoms with van der Waals surface area (Å²) in [4.78, 5) is 21.1. The van der Waals surface area contributed by atoms with Gasteiger partial charge >= 0.3 is 12.0 Å². The van der Waals surface area contributed by atoms with E-state index in [-0.39, 0.29) is 39.3 Å². The van der Waals surface area contributed by atoms with E-state index in [2.05, 4.69) is 15.4 Å². The molecule has 1 atom stereocenters. The smallest absolute Gasteiger partial charge is 0.490 e. The number of para-hydroxylation sites is 1. The average Bonchev–Trinajstić information content (AvgIpc) is 3.14. The third-order valence-corrected chi connectivity index (χ3v) is 5.97. The summed E-state index contributed by atoms with van der Waals surface area (Å²) in [6.07, 6.45) is -2.57. The van der Waals surface area contributed by atoms with Crippen LogP contribution < -0.4 is 19.5 Å². The average molecular weight is 526 g/mol. The monoisotopic (exact) mass is 525 g/mol. The predicted octanol–water partition coefficient (Wildman–Crippen LogP) is 5.86. The topological polar surface area (TPSA) is 72.8 Å². The van der Waals surface area contributed by atoms with Gasteiger partial charge in [-0.05, 0) is 30.3 Å². The Balaban J connectivity index is 1.93. The second-order valence-electron chi connectivity index (χ2n) is 7.50. The van der Waals surface area contributed by atoms with Crippen molar-refractivity contribution in [3.63, 3.8) is 0 Å². The van der Waals surface area contributed by atoms with Crippen LogP contribution in [0.4, 0.5) is 24.5 Å². The van der Waals surface area contributed by atoms with Crippen LogP contribution >= 0.6 is 23.2 Å². The molecule has 1 aromatic heterocycles. The Kier molecular flexibility index (Phi) is 6.63. The van der Waals surface area contributed by atoms with E-state index < -0.39 is 22.5 Å². The largest absolute Gasteiger partial charge is 0.497 e. The number of aromatic nitrogens is 1. The number of nitrogens with zero attached hydrogens (tertiary/aromatic N) is 3. The fourth-order valence-corrected chi connectivity index (χ4v) is 4.39. The summed E-state index contributed by atoms with van der Waals surface area (Å²) >= 11 is 12.2. The maximum absolute atomic E-state index is 14.5. The molecule has 3 aromatic rings. The molecule has 1 aliphatic heterocycles. The lowest BCUT2D eigenvalue weighted by Gasteiger charge is -2.34. The molecule has 0 radical (unpaired) electrons. The number of amides is 1. The van der Waals surface area contributed by atoms with Gasteiger partial charge in [0.2, 0.25) is 0 Å². The number of hydrogen-bond donors (Lipinski definition) is 1. The quantitative estimate of drug-likeness (QED) is 0.409. The second-order valence-corrected chi connectivity index (χ2v) is 8.31. The molecule has 12 heteroatoms. The van der Waals surface area contributed by atoms with Gasteiger partial charge in [-0.25, -0.2) is 0 Å². The SMILES string of the molecule is COc1ccc(C[N+]2(NC(=O)c3c(Cl)cncc3Cl)C(C(F)(F)F)=Nc3c(OC)cccc32)cc1. The predicted molar refractivity (Wildman–Crippen MR) is 126 cm³/mol. The van der Waals surface area contributed by atoms with Crippen molar-refractivity contribution in [3.8, 4) is 11.5 Å². The molecule has 182 valence electrons. The number of quaternary nitrogens is 1. The number of hydrogen-bond acceptors (Lipinski definition) is 5. The highest BCUT2D eigenvalue weighted by Gasteiger charge is 2.60. The van der Waals surface area contributed by atoms with E-state index in [0.29, 0.717) is 11.3 Å². The second kappa shape index (κ2) is 9.37. The number of rotatable bonds is 6. The van der Waals surface area contributed by atoms with E-state index in [0.717, 1.165) is 0 Å². The molecular formula is C23H18Cl2F3N4O3+. The Morgan fingerprint density at radius 1 is 1.03 bits per heavy atom. The maximum atomic E-state index is 14.5. The molecule has 0 spiro atoms. The van der Waals surface area contributed by atoms with Gasteiger partial charge in [0.05, 0.1) is 29.8 Å². The fraction of sp³-hybridized carbons (Fsp3) is 0.174. The Morgan fingerprint density at radius 3 is 2.26 bits per heavy atom. The molecule has 4 rings (SSSR count). The van der Waals surface area contributed by atoms with Gasteiger partial charge in [-0.1, -0.05) is 29.3 Å². The van der Waals surface area contributed by atoms with Gasteiger partial charge in [-0.2, -0.15) is 23.6 Å². The van der Waals surface area contributed by atoms with Crippen molar-refractivity contribution in [1.29, 1.82) is 0 Å². The third kappa shape index (κ3) is 4.52. The summed E-state index contributed by atoms with van der Waals surface area (Å²) in [5, 5.41) is -0.235. The summed E-state index contributed by atoms with van der Waals surface area (Å²) < 4.78 is 52.6. The van der Waals surface area contributed by atoms with E-state index >= 15 is 0 Å². The molecular weight excluding hydrogens is 508 g/mol. The van der Waals surface area contributed by atoms with Gasteiger partial charge in [-0.15, -0.1) is 4.59 Å². The number of halogens is 5. The van der Waals surface area contributed by atoms with E-state index in [1.54, 1.807) is 24.3 Å².